The number of para-hydroxylation sites is 1. The maximum atomic E-state index is 12.5. The van der Waals surface area contributed by atoms with E-state index in [1.165, 1.54) is 17.4 Å². The molecule has 0 fully saturated rings. The average Bonchev–Trinajstić information content (AvgIpc) is 3.11. The molecule has 2 aromatic carbocycles. The lowest BCUT2D eigenvalue weighted by atomic mass is 10.2. The molecule has 7 heteroatoms. The fraction of sp³-hybridized carbons (Fsp3) is 0.190. The first-order chi connectivity index (χ1) is 13.6. The van der Waals surface area contributed by atoms with Crippen molar-refractivity contribution in [1.29, 1.82) is 0 Å². The van der Waals surface area contributed by atoms with Gasteiger partial charge < -0.3 is 14.1 Å². The summed E-state index contributed by atoms with van der Waals surface area (Å²) in [7, 11) is 0. The van der Waals surface area contributed by atoms with E-state index >= 15 is 0 Å². The lowest BCUT2D eigenvalue weighted by Gasteiger charge is -2.16. The van der Waals surface area contributed by atoms with Crippen LogP contribution in [0.4, 0.5) is 5.13 Å². The van der Waals surface area contributed by atoms with Crippen molar-refractivity contribution < 1.29 is 13.9 Å². The van der Waals surface area contributed by atoms with Crippen LogP contribution in [0.5, 0.6) is 5.75 Å². The Bertz CT molecular complexity index is 1220. The number of hydrogen-bond donors (Lipinski definition) is 0. The third-order valence-electron chi connectivity index (χ3n) is 4.45. The normalized spacial score (nSPS) is 11.1. The summed E-state index contributed by atoms with van der Waals surface area (Å²) in [5, 5.41) is 1.59. The van der Waals surface area contributed by atoms with Gasteiger partial charge in [-0.1, -0.05) is 29.5 Å². The number of nitrogens with zero attached hydrogens (tertiary/aromatic N) is 2. The van der Waals surface area contributed by atoms with Gasteiger partial charge in [0.25, 0.3) is 0 Å². The van der Waals surface area contributed by atoms with E-state index in [9.17, 15) is 9.59 Å². The number of carbonyl (C=O) groups excluding carboxylic acids is 1. The number of ether oxygens (including phenoxy) is 1. The highest BCUT2D eigenvalue weighted by Gasteiger charge is 2.17. The van der Waals surface area contributed by atoms with Gasteiger partial charge in [0.2, 0.25) is 0 Å². The third kappa shape index (κ3) is 3.36. The zero-order valence-electron chi connectivity index (χ0n) is 15.5. The number of carbonyl (C=O) groups is 1. The van der Waals surface area contributed by atoms with E-state index in [2.05, 4.69) is 23.7 Å². The number of hydrogen-bond acceptors (Lipinski definition) is 7. The summed E-state index contributed by atoms with van der Waals surface area (Å²) in [6, 6.07) is 13.8. The smallest absolute Gasteiger partial charge is 0.351 e. The van der Waals surface area contributed by atoms with E-state index in [0.29, 0.717) is 16.7 Å². The Morgan fingerprint density at radius 2 is 1.93 bits per heavy atom. The van der Waals surface area contributed by atoms with E-state index in [1.807, 2.05) is 12.1 Å². The van der Waals surface area contributed by atoms with Crippen molar-refractivity contribution in [3.05, 3.63) is 64.5 Å². The van der Waals surface area contributed by atoms with Crippen LogP contribution >= 0.6 is 11.3 Å². The number of fused-ring (bicyclic) bond motifs is 2. The topological polar surface area (TPSA) is 72.6 Å². The molecule has 0 aliphatic carbocycles. The van der Waals surface area contributed by atoms with Crippen molar-refractivity contribution in [2.24, 2.45) is 0 Å². The molecule has 0 bridgehead atoms. The van der Waals surface area contributed by atoms with Crippen LogP contribution in [0.25, 0.3) is 21.2 Å². The molecule has 6 nitrogen and oxygen atoms in total. The number of anilines is 1. The quantitative estimate of drug-likeness (QED) is 0.283. The molecule has 0 N–H and O–H groups in total. The van der Waals surface area contributed by atoms with Gasteiger partial charge in [0.05, 0.1) is 10.2 Å². The van der Waals surface area contributed by atoms with Crippen LogP contribution in [0.15, 0.2) is 57.7 Å². The fourth-order valence-corrected chi connectivity index (χ4v) is 4.07. The van der Waals surface area contributed by atoms with Gasteiger partial charge in [0.15, 0.2) is 5.13 Å². The molecule has 2 heterocycles. The van der Waals surface area contributed by atoms with Crippen LogP contribution in [0.3, 0.4) is 0 Å². The molecular weight excluding hydrogens is 376 g/mol. The molecule has 4 rings (SSSR count). The molecule has 4 aromatic rings. The lowest BCUT2D eigenvalue weighted by Crippen LogP contribution is -2.21. The highest BCUT2D eigenvalue weighted by atomic mass is 32.1. The van der Waals surface area contributed by atoms with Gasteiger partial charge in [0.1, 0.15) is 16.9 Å². The van der Waals surface area contributed by atoms with Crippen LogP contribution in [-0.2, 0) is 0 Å². The van der Waals surface area contributed by atoms with Gasteiger partial charge in [-0.3, -0.25) is 0 Å². The Kier molecular flexibility index (Phi) is 4.83. The van der Waals surface area contributed by atoms with E-state index in [1.54, 1.807) is 30.3 Å². The summed E-state index contributed by atoms with van der Waals surface area (Å²) in [4.78, 5) is 31.4. The molecule has 28 heavy (non-hydrogen) atoms. The molecular formula is C21H18N2O4S. The second kappa shape index (κ2) is 7.44. The Labute approximate surface area is 165 Å². The molecule has 142 valence electrons. The molecule has 0 aliphatic rings. The Morgan fingerprint density at radius 3 is 2.71 bits per heavy atom. The van der Waals surface area contributed by atoms with Crippen LogP contribution in [0.2, 0.25) is 0 Å². The van der Waals surface area contributed by atoms with Crippen LogP contribution in [0, 0.1) is 0 Å². The second-order valence-corrected chi connectivity index (χ2v) is 7.18. The predicted molar refractivity (Wildman–Crippen MR) is 111 cm³/mol. The van der Waals surface area contributed by atoms with Gasteiger partial charge in [-0.25, -0.2) is 14.6 Å². The molecule has 0 saturated carbocycles. The van der Waals surface area contributed by atoms with Gasteiger partial charge in [-0.2, -0.15) is 0 Å². The SMILES string of the molecule is CCN(CC)c1nc2ccc(OC(=O)c3cc4ccccc4oc3=O)cc2s1. The van der Waals surface area contributed by atoms with Gasteiger partial charge >= 0.3 is 11.6 Å². The number of aromatic nitrogens is 1. The molecule has 0 atom stereocenters. The first-order valence-corrected chi connectivity index (χ1v) is 9.81. The van der Waals surface area contributed by atoms with Crippen molar-refractivity contribution in [3.63, 3.8) is 0 Å². The number of esters is 1. The van der Waals surface area contributed by atoms with Crippen LogP contribution < -0.4 is 15.3 Å². The lowest BCUT2D eigenvalue weighted by molar-refractivity contribution is 0.0731. The van der Waals surface area contributed by atoms with Crippen molar-refractivity contribution >= 4 is 43.6 Å². The Balaban J connectivity index is 1.63. The summed E-state index contributed by atoms with van der Waals surface area (Å²) >= 11 is 1.54. The summed E-state index contributed by atoms with van der Waals surface area (Å²) in [5.41, 5.74) is 0.425. The standard InChI is InChI=1S/C21H18N2O4S/c1-3-23(4-2)21-22-16-10-9-14(12-18(16)28-21)26-19(24)15-11-13-7-5-6-8-17(13)27-20(15)25/h5-12H,3-4H2,1-2H3. The molecule has 0 aliphatic heterocycles. The highest BCUT2D eigenvalue weighted by molar-refractivity contribution is 7.22. The summed E-state index contributed by atoms with van der Waals surface area (Å²) < 4.78 is 11.5. The molecule has 0 unspecified atom stereocenters. The minimum absolute atomic E-state index is 0.132. The maximum Gasteiger partial charge on any atom is 0.351 e. The largest absolute Gasteiger partial charge is 0.423 e. The first kappa shape index (κ1) is 18.2. The molecule has 2 aromatic heterocycles. The van der Waals surface area contributed by atoms with Crippen molar-refractivity contribution in [2.45, 2.75) is 13.8 Å². The number of rotatable bonds is 5. The van der Waals surface area contributed by atoms with Gasteiger partial charge in [-0.15, -0.1) is 0 Å². The summed E-state index contributed by atoms with van der Waals surface area (Å²) in [6.07, 6.45) is 0. The van der Waals surface area contributed by atoms with E-state index in [-0.39, 0.29) is 5.56 Å². The highest BCUT2D eigenvalue weighted by Crippen LogP contribution is 2.31. The Hall–Kier alpha value is -3.19. The first-order valence-electron chi connectivity index (χ1n) is 8.99. The monoisotopic (exact) mass is 394 g/mol. The Morgan fingerprint density at radius 1 is 1.14 bits per heavy atom. The minimum atomic E-state index is -0.743. The molecule has 0 amide bonds. The van der Waals surface area contributed by atoms with Crippen LogP contribution in [0.1, 0.15) is 24.2 Å². The second-order valence-electron chi connectivity index (χ2n) is 6.17. The fourth-order valence-electron chi connectivity index (χ4n) is 2.95. The maximum absolute atomic E-state index is 12.5. The predicted octanol–water partition coefficient (Wildman–Crippen LogP) is 4.47. The molecule has 0 saturated heterocycles. The average molecular weight is 394 g/mol. The molecule has 0 radical (unpaired) electrons. The zero-order valence-corrected chi connectivity index (χ0v) is 16.3. The van der Waals surface area contributed by atoms with Gasteiger partial charge in [-0.05, 0) is 38.1 Å². The zero-order chi connectivity index (χ0) is 19.7. The van der Waals surface area contributed by atoms with Crippen molar-refractivity contribution in [1.82, 2.24) is 4.98 Å². The van der Waals surface area contributed by atoms with Crippen molar-refractivity contribution in [2.75, 3.05) is 18.0 Å². The van der Waals surface area contributed by atoms with E-state index in [4.69, 9.17) is 9.15 Å². The summed E-state index contributed by atoms with van der Waals surface area (Å²) in [6.45, 7) is 5.90. The number of thiazole rings is 1. The number of benzene rings is 2. The summed E-state index contributed by atoms with van der Waals surface area (Å²) in [5.74, 6) is -0.382. The molecule has 0 spiro atoms. The minimum Gasteiger partial charge on any atom is -0.423 e. The van der Waals surface area contributed by atoms with Gasteiger partial charge in [0, 0.05) is 24.5 Å². The van der Waals surface area contributed by atoms with Crippen molar-refractivity contribution in [3.8, 4) is 5.75 Å². The van der Waals surface area contributed by atoms with Crippen LogP contribution in [-0.4, -0.2) is 24.0 Å². The third-order valence-corrected chi connectivity index (χ3v) is 5.53. The van der Waals surface area contributed by atoms with E-state index < -0.39 is 11.6 Å². The van der Waals surface area contributed by atoms with E-state index in [0.717, 1.165) is 28.4 Å².